The van der Waals surface area contributed by atoms with E-state index in [0.29, 0.717) is 25.7 Å². The van der Waals surface area contributed by atoms with Crippen molar-refractivity contribution in [1.29, 1.82) is 0 Å². The Morgan fingerprint density at radius 2 is 1.76 bits per heavy atom. The summed E-state index contributed by atoms with van der Waals surface area (Å²) in [7, 11) is 0. The number of carbonyl (C=O) groups is 1. The third kappa shape index (κ3) is 3.94. The Balaban J connectivity index is 1.54. The van der Waals surface area contributed by atoms with Crippen molar-refractivity contribution < 1.29 is 18.3 Å². The second kappa shape index (κ2) is 6.90. The highest BCUT2D eigenvalue weighted by Gasteiger charge is 2.63. The molecule has 4 nitrogen and oxygen atoms in total. The number of urea groups is 1. The zero-order valence-electron chi connectivity index (χ0n) is 14.7. The fourth-order valence-corrected chi connectivity index (χ4v) is 4.02. The van der Waals surface area contributed by atoms with Crippen molar-refractivity contribution in [3.05, 3.63) is 35.9 Å². The molecule has 0 radical (unpaired) electrons. The lowest BCUT2D eigenvalue weighted by Crippen LogP contribution is -2.49. The van der Waals surface area contributed by atoms with Crippen LogP contribution < -0.4 is 10.6 Å². The summed E-state index contributed by atoms with van der Waals surface area (Å²) >= 11 is 0. The van der Waals surface area contributed by atoms with Gasteiger partial charge in [0.1, 0.15) is 0 Å². The highest BCUT2D eigenvalue weighted by Crippen LogP contribution is 2.62. The molecule has 1 aromatic carbocycles. The molecule has 0 heterocycles. The van der Waals surface area contributed by atoms with E-state index in [0.717, 1.165) is 12.0 Å². The molecule has 2 fully saturated rings. The van der Waals surface area contributed by atoms with Gasteiger partial charge in [0.05, 0.1) is 11.6 Å². The number of alkyl halides is 2. The maximum Gasteiger partial charge on any atom is 0.345 e. The van der Waals surface area contributed by atoms with Crippen molar-refractivity contribution >= 4 is 6.03 Å². The monoisotopic (exact) mass is 352 g/mol. The summed E-state index contributed by atoms with van der Waals surface area (Å²) < 4.78 is 29.1. The van der Waals surface area contributed by atoms with E-state index in [1.807, 2.05) is 30.3 Å². The van der Waals surface area contributed by atoms with Crippen LogP contribution >= 0.6 is 0 Å². The fourth-order valence-electron chi connectivity index (χ4n) is 4.02. The Kier molecular flexibility index (Phi) is 5.00. The SMILES string of the molecule is CC1(C)C[C@@]1(NC(=O)NC1CCC(OC(F)F)CC1)c1ccccc1. The van der Waals surface area contributed by atoms with Gasteiger partial charge in [0.15, 0.2) is 0 Å². The number of hydrogen-bond acceptors (Lipinski definition) is 2. The Labute approximate surface area is 147 Å². The molecule has 0 aliphatic heterocycles. The van der Waals surface area contributed by atoms with Gasteiger partial charge in [-0.2, -0.15) is 8.78 Å². The van der Waals surface area contributed by atoms with Crippen LogP contribution in [0.1, 0.15) is 51.5 Å². The van der Waals surface area contributed by atoms with Crippen molar-refractivity contribution in [3.8, 4) is 0 Å². The number of halogens is 2. The molecule has 2 aliphatic rings. The maximum atomic E-state index is 12.5. The summed E-state index contributed by atoms with van der Waals surface area (Å²) in [6, 6.07) is 9.83. The topological polar surface area (TPSA) is 50.4 Å². The number of carbonyl (C=O) groups excluding carboxylic acids is 1. The molecule has 0 aromatic heterocycles. The molecule has 0 bridgehead atoms. The summed E-state index contributed by atoms with van der Waals surface area (Å²) in [5.41, 5.74) is 0.784. The van der Waals surface area contributed by atoms with Gasteiger partial charge in [0, 0.05) is 6.04 Å². The van der Waals surface area contributed by atoms with Gasteiger partial charge in [0.25, 0.3) is 0 Å². The van der Waals surface area contributed by atoms with E-state index in [1.54, 1.807) is 0 Å². The predicted octanol–water partition coefficient (Wildman–Crippen LogP) is 4.16. The number of nitrogens with one attached hydrogen (secondary N) is 2. The first kappa shape index (κ1) is 18.1. The van der Waals surface area contributed by atoms with Crippen LogP contribution in [0.2, 0.25) is 0 Å². The molecule has 1 aromatic rings. The molecule has 138 valence electrons. The number of rotatable bonds is 5. The zero-order valence-corrected chi connectivity index (χ0v) is 14.7. The fraction of sp³-hybridized carbons (Fsp3) is 0.632. The van der Waals surface area contributed by atoms with Crippen LogP contribution in [0.4, 0.5) is 13.6 Å². The minimum atomic E-state index is -2.72. The van der Waals surface area contributed by atoms with Crippen molar-refractivity contribution in [2.24, 2.45) is 5.41 Å². The summed E-state index contributed by atoms with van der Waals surface area (Å²) in [6.45, 7) is 1.57. The van der Waals surface area contributed by atoms with Crippen LogP contribution in [0.3, 0.4) is 0 Å². The summed E-state index contributed by atoms with van der Waals surface area (Å²) in [4.78, 5) is 12.5. The zero-order chi connectivity index (χ0) is 18.1. The molecule has 2 aliphatic carbocycles. The van der Waals surface area contributed by atoms with Crippen LogP contribution in [-0.2, 0) is 10.3 Å². The van der Waals surface area contributed by atoms with Crippen molar-refractivity contribution in [3.63, 3.8) is 0 Å². The average molecular weight is 352 g/mol. The lowest BCUT2D eigenvalue weighted by atomic mass is 9.93. The van der Waals surface area contributed by atoms with E-state index in [2.05, 4.69) is 29.2 Å². The third-order valence-corrected chi connectivity index (χ3v) is 5.64. The molecule has 3 rings (SSSR count). The van der Waals surface area contributed by atoms with Crippen LogP contribution in [0, 0.1) is 5.41 Å². The maximum absolute atomic E-state index is 12.5. The van der Waals surface area contributed by atoms with Gasteiger partial charge in [-0.25, -0.2) is 4.79 Å². The molecular weight excluding hydrogens is 326 g/mol. The van der Waals surface area contributed by atoms with E-state index in [1.165, 1.54) is 0 Å². The smallest absolute Gasteiger partial charge is 0.335 e. The molecule has 2 saturated carbocycles. The molecule has 2 N–H and O–H groups in total. The molecule has 0 saturated heterocycles. The van der Waals surface area contributed by atoms with E-state index in [9.17, 15) is 13.6 Å². The van der Waals surface area contributed by atoms with Gasteiger partial charge >= 0.3 is 12.6 Å². The molecule has 25 heavy (non-hydrogen) atoms. The second-order valence-electron chi connectivity index (χ2n) is 7.80. The van der Waals surface area contributed by atoms with E-state index < -0.39 is 12.7 Å². The van der Waals surface area contributed by atoms with Crippen LogP contribution in [0.15, 0.2) is 30.3 Å². The lowest BCUT2D eigenvalue weighted by molar-refractivity contribution is -0.170. The third-order valence-electron chi connectivity index (χ3n) is 5.64. The molecule has 6 heteroatoms. The summed E-state index contributed by atoms with van der Waals surface area (Å²) in [5, 5.41) is 6.17. The predicted molar refractivity (Wildman–Crippen MR) is 91.3 cm³/mol. The van der Waals surface area contributed by atoms with Crippen molar-refractivity contribution in [2.45, 2.75) is 70.2 Å². The minimum absolute atomic E-state index is 0.00667. The summed E-state index contributed by atoms with van der Waals surface area (Å²) in [5.74, 6) is 0. The molecule has 2 amide bonds. The van der Waals surface area contributed by atoms with Gasteiger partial charge in [-0.1, -0.05) is 44.2 Å². The standard InChI is InChI=1S/C19H26F2N2O2/c1-18(2)12-19(18,13-6-4-3-5-7-13)23-17(24)22-14-8-10-15(11-9-14)25-16(20)21/h3-7,14-16H,8-12H2,1-2H3,(H2,22,23,24)/t14?,15?,19-/m1/s1. The number of hydrogen-bond donors (Lipinski definition) is 2. The van der Waals surface area contributed by atoms with Gasteiger partial charge in [-0.3, -0.25) is 0 Å². The Hall–Kier alpha value is -1.69. The summed E-state index contributed by atoms with van der Waals surface area (Å²) in [6.07, 6.45) is 2.90. The molecule has 0 unspecified atom stereocenters. The largest absolute Gasteiger partial charge is 0.345 e. The van der Waals surface area contributed by atoms with Crippen molar-refractivity contribution in [1.82, 2.24) is 10.6 Å². The Morgan fingerprint density at radius 3 is 2.28 bits per heavy atom. The normalized spacial score (nSPS) is 30.8. The van der Waals surface area contributed by atoms with Gasteiger partial charge < -0.3 is 15.4 Å². The van der Waals surface area contributed by atoms with Crippen LogP contribution in [0.25, 0.3) is 0 Å². The van der Waals surface area contributed by atoms with E-state index in [4.69, 9.17) is 0 Å². The minimum Gasteiger partial charge on any atom is -0.335 e. The first-order valence-corrected chi connectivity index (χ1v) is 8.90. The number of benzene rings is 1. The van der Waals surface area contributed by atoms with E-state index in [-0.39, 0.29) is 23.0 Å². The van der Waals surface area contributed by atoms with Crippen LogP contribution in [-0.4, -0.2) is 24.8 Å². The van der Waals surface area contributed by atoms with Gasteiger partial charge in [-0.05, 0) is 43.1 Å². The number of amides is 2. The van der Waals surface area contributed by atoms with Gasteiger partial charge in [-0.15, -0.1) is 0 Å². The highest BCUT2D eigenvalue weighted by molar-refractivity contribution is 5.76. The van der Waals surface area contributed by atoms with E-state index >= 15 is 0 Å². The highest BCUT2D eigenvalue weighted by atomic mass is 19.3. The van der Waals surface area contributed by atoms with Crippen molar-refractivity contribution in [2.75, 3.05) is 0 Å². The average Bonchev–Trinajstić information content (AvgIpc) is 3.11. The Morgan fingerprint density at radius 1 is 1.16 bits per heavy atom. The Bertz CT molecular complexity index is 601. The van der Waals surface area contributed by atoms with Crippen LogP contribution in [0.5, 0.6) is 0 Å². The molecular formula is C19H26F2N2O2. The molecule has 1 atom stereocenters. The quantitative estimate of drug-likeness (QED) is 0.836. The first-order chi connectivity index (χ1) is 11.8. The first-order valence-electron chi connectivity index (χ1n) is 8.90. The van der Waals surface area contributed by atoms with Gasteiger partial charge in [0.2, 0.25) is 0 Å². The number of ether oxygens (including phenoxy) is 1. The molecule has 0 spiro atoms. The second-order valence-corrected chi connectivity index (χ2v) is 7.80. The lowest BCUT2D eigenvalue weighted by Gasteiger charge is -2.30.